The molecule has 0 saturated heterocycles. The number of oxazole rings is 1. The summed E-state index contributed by atoms with van der Waals surface area (Å²) in [7, 11) is 0. The molecular weight excluding hydrogens is 340 g/mol. The van der Waals surface area contributed by atoms with Crippen LogP contribution >= 0.6 is 0 Å². The molecule has 1 N–H and O–H groups in total. The zero-order valence-corrected chi connectivity index (χ0v) is 15.9. The van der Waals surface area contributed by atoms with Gasteiger partial charge in [0.1, 0.15) is 0 Å². The fourth-order valence-electron chi connectivity index (χ4n) is 3.13. The maximum Gasteiger partial charge on any atom is 0.419 e. The van der Waals surface area contributed by atoms with Crippen LogP contribution < -0.4 is 11.1 Å². The normalized spacial score (nSPS) is 11.2. The van der Waals surface area contributed by atoms with E-state index in [1.54, 1.807) is 10.6 Å². The Labute approximate surface area is 159 Å². The number of aryl methyl sites for hydroxylation is 1. The van der Waals surface area contributed by atoms with E-state index in [9.17, 15) is 9.59 Å². The third-order valence-electron chi connectivity index (χ3n) is 4.74. The highest BCUT2D eigenvalue weighted by Gasteiger charge is 2.09. The zero-order chi connectivity index (χ0) is 19.2. The number of rotatable bonds is 8. The number of carbonyl (C=O) groups excluding carboxylic acids is 1. The van der Waals surface area contributed by atoms with Gasteiger partial charge in [0, 0.05) is 19.5 Å². The topological polar surface area (TPSA) is 64.2 Å². The summed E-state index contributed by atoms with van der Waals surface area (Å²) < 4.78 is 6.78. The van der Waals surface area contributed by atoms with Crippen LogP contribution in [0.4, 0.5) is 0 Å². The lowest BCUT2D eigenvalue weighted by molar-refractivity contribution is -0.121. The van der Waals surface area contributed by atoms with Crippen molar-refractivity contribution in [2.24, 2.45) is 0 Å². The van der Waals surface area contributed by atoms with Crippen LogP contribution in [0.15, 0.2) is 57.7 Å². The molecule has 0 radical (unpaired) electrons. The van der Waals surface area contributed by atoms with Crippen LogP contribution in [0.25, 0.3) is 11.1 Å². The van der Waals surface area contributed by atoms with Crippen molar-refractivity contribution in [1.82, 2.24) is 9.88 Å². The van der Waals surface area contributed by atoms with E-state index in [2.05, 4.69) is 43.4 Å². The Kier molecular flexibility index (Phi) is 6.12. The quantitative estimate of drug-likeness (QED) is 0.658. The maximum atomic E-state index is 12.0. The van der Waals surface area contributed by atoms with E-state index in [1.165, 1.54) is 11.1 Å². The SMILES string of the molecule is CC(C)c1ccc(CCNC(=O)CCCn2c(=O)oc3ccccc32)cc1. The van der Waals surface area contributed by atoms with Crippen LogP contribution in [0, 0.1) is 0 Å². The first-order valence-electron chi connectivity index (χ1n) is 9.48. The largest absolute Gasteiger partial charge is 0.419 e. The van der Waals surface area contributed by atoms with Crippen molar-refractivity contribution in [3.8, 4) is 0 Å². The monoisotopic (exact) mass is 366 g/mol. The molecule has 0 aliphatic heterocycles. The summed E-state index contributed by atoms with van der Waals surface area (Å²) in [6.45, 7) is 5.44. The second-order valence-corrected chi connectivity index (χ2v) is 7.09. The predicted molar refractivity (Wildman–Crippen MR) is 107 cm³/mol. The summed E-state index contributed by atoms with van der Waals surface area (Å²) in [6.07, 6.45) is 1.80. The molecule has 0 atom stereocenters. The van der Waals surface area contributed by atoms with E-state index >= 15 is 0 Å². The van der Waals surface area contributed by atoms with Crippen LogP contribution in [-0.2, 0) is 17.8 Å². The van der Waals surface area contributed by atoms with E-state index in [-0.39, 0.29) is 11.7 Å². The van der Waals surface area contributed by atoms with Crippen LogP contribution in [0.5, 0.6) is 0 Å². The standard InChI is InChI=1S/C22H26N2O3/c1-16(2)18-11-9-17(10-12-18)13-14-23-21(25)8-5-15-24-19-6-3-4-7-20(19)27-22(24)26/h3-4,6-7,9-12,16H,5,8,13-15H2,1-2H3,(H,23,25). The van der Waals surface area contributed by atoms with Crippen LogP contribution in [0.2, 0.25) is 0 Å². The molecular formula is C22H26N2O3. The summed E-state index contributed by atoms with van der Waals surface area (Å²) in [5.74, 6) is 0.162. The number of fused-ring (bicyclic) bond motifs is 1. The van der Waals surface area contributed by atoms with E-state index in [1.807, 2.05) is 18.2 Å². The second kappa shape index (κ2) is 8.71. The summed E-state index contributed by atoms with van der Waals surface area (Å²) in [5.41, 5.74) is 3.89. The van der Waals surface area contributed by atoms with Crippen molar-refractivity contribution in [3.63, 3.8) is 0 Å². The molecule has 3 rings (SSSR count). The third kappa shape index (κ3) is 4.88. The maximum absolute atomic E-state index is 12.0. The van der Waals surface area contributed by atoms with Crippen molar-refractivity contribution in [2.45, 2.75) is 45.6 Å². The van der Waals surface area contributed by atoms with Gasteiger partial charge in [-0.2, -0.15) is 0 Å². The Morgan fingerprint density at radius 3 is 2.59 bits per heavy atom. The lowest BCUT2D eigenvalue weighted by Crippen LogP contribution is -2.26. The number of benzene rings is 2. The van der Waals surface area contributed by atoms with Gasteiger partial charge in [0.05, 0.1) is 5.52 Å². The first-order chi connectivity index (χ1) is 13.0. The highest BCUT2D eigenvalue weighted by atomic mass is 16.4. The van der Waals surface area contributed by atoms with Crippen molar-refractivity contribution >= 4 is 17.0 Å². The minimum atomic E-state index is -0.374. The molecule has 0 unspecified atom stereocenters. The number of carbonyl (C=O) groups is 1. The number of para-hydroxylation sites is 2. The Morgan fingerprint density at radius 2 is 1.85 bits per heavy atom. The number of hydrogen-bond acceptors (Lipinski definition) is 3. The fourth-order valence-corrected chi connectivity index (χ4v) is 3.13. The molecule has 1 heterocycles. The van der Waals surface area contributed by atoms with E-state index in [4.69, 9.17) is 4.42 Å². The van der Waals surface area contributed by atoms with Crippen molar-refractivity contribution in [1.29, 1.82) is 0 Å². The van der Waals surface area contributed by atoms with Crippen molar-refractivity contribution < 1.29 is 9.21 Å². The van der Waals surface area contributed by atoms with E-state index < -0.39 is 0 Å². The lowest BCUT2D eigenvalue weighted by atomic mass is 10.0. The highest BCUT2D eigenvalue weighted by Crippen LogP contribution is 2.15. The average Bonchev–Trinajstić information content (AvgIpc) is 2.98. The van der Waals surface area contributed by atoms with Gasteiger partial charge in [0.2, 0.25) is 5.91 Å². The van der Waals surface area contributed by atoms with E-state index in [0.29, 0.717) is 37.4 Å². The number of aromatic nitrogens is 1. The summed E-state index contributed by atoms with van der Waals surface area (Å²) in [4.78, 5) is 23.9. The van der Waals surface area contributed by atoms with E-state index in [0.717, 1.165) is 11.9 Å². The van der Waals surface area contributed by atoms with Crippen LogP contribution in [0.1, 0.15) is 43.7 Å². The number of hydrogen-bond donors (Lipinski definition) is 1. The van der Waals surface area contributed by atoms with Gasteiger partial charge in [-0.3, -0.25) is 9.36 Å². The van der Waals surface area contributed by atoms with Gasteiger partial charge >= 0.3 is 5.76 Å². The molecule has 0 spiro atoms. The smallest absolute Gasteiger partial charge is 0.408 e. The van der Waals surface area contributed by atoms with Crippen LogP contribution in [0.3, 0.4) is 0 Å². The molecule has 0 aliphatic rings. The highest BCUT2D eigenvalue weighted by molar-refractivity contribution is 5.76. The van der Waals surface area contributed by atoms with Crippen molar-refractivity contribution in [3.05, 3.63) is 70.2 Å². The van der Waals surface area contributed by atoms with Gasteiger partial charge in [-0.25, -0.2) is 4.79 Å². The van der Waals surface area contributed by atoms with Gasteiger partial charge in [0.25, 0.3) is 0 Å². The Bertz CT molecular complexity index is 952. The Morgan fingerprint density at radius 1 is 1.11 bits per heavy atom. The predicted octanol–water partition coefficient (Wildman–Crippen LogP) is 3.86. The zero-order valence-electron chi connectivity index (χ0n) is 15.9. The summed E-state index contributed by atoms with van der Waals surface area (Å²) in [6, 6.07) is 15.9. The molecule has 1 aromatic heterocycles. The lowest BCUT2D eigenvalue weighted by Gasteiger charge is -2.08. The molecule has 0 fully saturated rings. The first kappa shape index (κ1) is 19.0. The molecule has 0 aliphatic carbocycles. The van der Waals surface area contributed by atoms with Crippen LogP contribution in [-0.4, -0.2) is 17.0 Å². The minimum Gasteiger partial charge on any atom is -0.408 e. The molecule has 1 amide bonds. The molecule has 0 bridgehead atoms. The molecule has 27 heavy (non-hydrogen) atoms. The number of amides is 1. The molecule has 0 saturated carbocycles. The van der Waals surface area contributed by atoms with Gasteiger partial charge in [0.15, 0.2) is 5.58 Å². The van der Waals surface area contributed by atoms with Gasteiger partial charge in [-0.1, -0.05) is 50.2 Å². The number of nitrogens with one attached hydrogen (secondary N) is 1. The summed E-state index contributed by atoms with van der Waals surface area (Å²) >= 11 is 0. The Hall–Kier alpha value is -2.82. The second-order valence-electron chi connectivity index (χ2n) is 7.09. The minimum absolute atomic E-state index is 0.00894. The molecule has 5 heteroatoms. The summed E-state index contributed by atoms with van der Waals surface area (Å²) in [5, 5.41) is 2.95. The van der Waals surface area contributed by atoms with Gasteiger partial charge in [-0.15, -0.1) is 0 Å². The fraction of sp³-hybridized carbons (Fsp3) is 0.364. The molecule has 5 nitrogen and oxygen atoms in total. The first-order valence-corrected chi connectivity index (χ1v) is 9.48. The van der Waals surface area contributed by atoms with Gasteiger partial charge < -0.3 is 9.73 Å². The molecule has 142 valence electrons. The number of nitrogens with zero attached hydrogens (tertiary/aromatic N) is 1. The average molecular weight is 366 g/mol. The Balaban J connectivity index is 1.42. The molecule has 3 aromatic rings. The van der Waals surface area contributed by atoms with Gasteiger partial charge in [-0.05, 0) is 42.0 Å². The molecule has 2 aromatic carbocycles. The third-order valence-corrected chi connectivity index (χ3v) is 4.74. The van der Waals surface area contributed by atoms with Crippen molar-refractivity contribution in [2.75, 3.05) is 6.54 Å².